The van der Waals surface area contributed by atoms with Crippen molar-refractivity contribution < 1.29 is 9.47 Å². The number of methoxy groups -OCH3 is 1. The van der Waals surface area contributed by atoms with Crippen molar-refractivity contribution in [1.82, 2.24) is 14.8 Å². The van der Waals surface area contributed by atoms with Gasteiger partial charge in [0.25, 0.3) is 0 Å². The zero-order valence-corrected chi connectivity index (χ0v) is 19.8. The van der Waals surface area contributed by atoms with Gasteiger partial charge in [-0.3, -0.25) is 0 Å². The highest BCUT2D eigenvalue weighted by molar-refractivity contribution is 9.10. The zero-order chi connectivity index (χ0) is 22.5. The number of aromatic nitrogens is 3. The molecule has 33 heavy (non-hydrogen) atoms. The maximum atomic E-state index is 6.61. The summed E-state index contributed by atoms with van der Waals surface area (Å²) in [5.74, 6) is 2.25. The van der Waals surface area contributed by atoms with Crippen LogP contribution < -0.4 is 14.8 Å². The van der Waals surface area contributed by atoms with Crippen LogP contribution in [0.15, 0.2) is 83.1 Å². The fourth-order valence-corrected chi connectivity index (χ4v) is 5.19. The number of ether oxygens (including phenoxy) is 2. The van der Waals surface area contributed by atoms with Gasteiger partial charge in [-0.05, 0) is 63.5 Å². The van der Waals surface area contributed by atoms with Crippen LogP contribution in [0.2, 0.25) is 5.02 Å². The van der Waals surface area contributed by atoms with Gasteiger partial charge in [-0.15, -0.1) is 0 Å². The highest BCUT2D eigenvalue weighted by Gasteiger charge is 2.41. The molecule has 2 aliphatic heterocycles. The molecule has 2 aliphatic rings. The minimum atomic E-state index is -0.345. The van der Waals surface area contributed by atoms with E-state index >= 15 is 0 Å². The second-order valence-electron chi connectivity index (χ2n) is 7.83. The van der Waals surface area contributed by atoms with Crippen LogP contribution >= 0.6 is 27.5 Å². The van der Waals surface area contributed by atoms with Crippen LogP contribution in [0, 0.1) is 0 Å². The third kappa shape index (κ3) is 3.31. The van der Waals surface area contributed by atoms with Crippen molar-refractivity contribution in [3.05, 3.63) is 105 Å². The number of para-hydroxylation sites is 1. The van der Waals surface area contributed by atoms with Gasteiger partial charge in [0.15, 0.2) is 0 Å². The van der Waals surface area contributed by atoms with E-state index < -0.39 is 0 Å². The van der Waals surface area contributed by atoms with Gasteiger partial charge in [-0.25, -0.2) is 4.68 Å². The summed E-state index contributed by atoms with van der Waals surface area (Å²) in [4.78, 5) is 4.47. The van der Waals surface area contributed by atoms with Crippen LogP contribution in [0.4, 0.5) is 5.95 Å². The number of hydrogen-bond donors (Lipinski definition) is 1. The van der Waals surface area contributed by atoms with Crippen molar-refractivity contribution in [2.45, 2.75) is 12.1 Å². The van der Waals surface area contributed by atoms with Crippen molar-refractivity contribution in [2.75, 3.05) is 12.4 Å². The Morgan fingerprint density at radius 3 is 2.64 bits per heavy atom. The molecule has 1 aromatic heterocycles. The van der Waals surface area contributed by atoms with Gasteiger partial charge in [0, 0.05) is 16.2 Å². The van der Waals surface area contributed by atoms with Crippen LogP contribution in [0.5, 0.6) is 11.5 Å². The molecule has 0 unspecified atom stereocenters. The molecule has 0 spiro atoms. The lowest BCUT2D eigenvalue weighted by Crippen LogP contribution is -2.32. The normalized spacial score (nSPS) is 18.5. The molecule has 0 radical (unpaired) electrons. The molecular weight excluding hydrogens is 504 g/mol. The standard InChI is InChI=1S/C25H18BrClN4O2/c1-32-20-11-8-15(12-18(20)26)23-21-22(30-25-28-13-29-31(23)25)17-4-2-3-5-19(17)33-24(21)14-6-9-16(27)10-7-14/h2-13,23-24H,1H3,(H,28,29,30)/t23-,24+/m1/s1. The Bertz CT molecular complexity index is 1400. The number of rotatable bonds is 3. The summed E-state index contributed by atoms with van der Waals surface area (Å²) in [7, 11) is 1.66. The number of fused-ring (bicyclic) bond motifs is 3. The van der Waals surface area contributed by atoms with Crippen LogP contribution in [0.1, 0.15) is 28.8 Å². The maximum absolute atomic E-state index is 6.61. The first-order valence-corrected chi connectivity index (χ1v) is 11.6. The SMILES string of the molecule is COc1ccc([C@@H]2C3=C(Nc4ncnn42)c2ccccc2O[C@H]3c2ccc(Cl)cc2)cc1Br. The highest BCUT2D eigenvalue weighted by atomic mass is 79.9. The molecule has 0 saturated heterocycles. The Labute approximate surface area is 204 Å². The molecule has 0 saturated carbocycles. The fraction of sp³-hybridized carbons (Fsp3) is 0.120. The van der Waals surface area contributed by atoms with Crippen LogP contribution in [-0.2, 0) is 0 Å². The second kappa shape index (κ2) is 7.93. The summed E-state index contributed by atoms with van der Waals surface area (Å²) in [6.45, 7) is 0. The summed E-state index contributed by atoms with van der Waals surface area (Å²) < 4.78 is 14.8. The molecule has 0 aliphatic carbocycles. The van der Waals surface area contributed by atoms with Crippen LogP contribution in [-0.4, -0.2) is 21.9 Å². The molecule has 0 fully saturated rings. The van der Waals surface area contributed by atoms with Gasteiger partial charge in [0.1, 0.15) is 30.0 Å². The summed E-state index contributed by atoms with van der Waals surface area (Å²) >= 11 is 9.83. The number of hydrogen-bond acceptors (Lipinski definition) is 5. The number of halogens is 2. The van der Waals surface area contributed by atoms with E-state index in [4.69, 9.17) is 21.1 Å². The van der Waals surface area contributed by atoms with E-state index in [0.29, 0.717) is 11.0 Å². The lowest BCUT2D eigenvalue weighted by atomic mass is 9.84. The summed E-state index contributed by atoms with van der Waals surface area (Å²) in [6, 6.07) is 21.6. The lowest BCUT2D eigenvalue weighted by molar-refractivity contribution is 0.223. The largest absolute Gasteiger partial charge is 0.496 e. The summed E-state index contributed by atoms with van der Waals surface area (Å²) in [5.41, 5.74) is 5.06. The van der Waals surface area contributed by atoms with Crippen molar-refractivity contribution in [3.8, 4) is 11.5 Å². The minimum absolute atomic E-state index is 0.241. The monoisotopic (exact) mass is 520 g/mol. The predicted molar refractivity (Wildman–Crippen MR) is 131 cm³/mol. The van der Waals surface area contributed by atoms with Crippen molar-refractivity contribution >= 4 is 39.2 Å². The number of anilines is 1. The van der Waals surface area contributed by atoms with Gasteiger partial charge in [-0.2, -0.15) is 10.1 Å². The third-order valence-electron chi connectivity index (χ3n) is 5.99. The third-order valence-corrected chi connectivity index (χ3v) is 6.86. The van der Waals surface area contributed by atoms with E-state index in [2.05, 4.69) is 49.5 Å². The van der Waals surface area contributed by atoms with Gasteiger partial charge < -0.3 is 14.8 Å². The minimum Gasteiger partial charge on any atom is -0.496 e. The first-order valence-electron chi connectivity index (χ1n) is 10.4. The Morgan fingerprint density at radius 2 is 1.85 bits per heavy atom. The Kier molecular flexibility index (Phi) is 4.89. The molecule has 0 amide bonds. The average molecular weight is 522 g/mol. The Morgan fingerprint density at radius 1 is 1.06 bits per heavy atom. The van der Waals surface area contributed by atoms with Crippen LogP contribution in [0.3, 0.4) is 0 Å². The fourth-order valence-electron chi connectivity index (χ4n) is 4.50. The number of nitrogens with zero attached hydrogens (tertiary/aromatic N) is 3. The van der Waals surface area contributed by atoms with Crippen LogP contribution in [0.25, 0.3) is 5.70 Å². The van der Waals surface area contributed by atoms with Gasteiger partial charge in [0.05, 0.1) is 17.3 Å². The lowest BCUT2D eigenvalue weighted by Gasteiger charge is -2.39. The van der Waals surface area contributed by atoms with Crippen molar-refractivity contribution in [3.63, 3.8) is 0 Å². The first kappa shape index (κ1) is 20.3. The van der Waals surface area contributed by atoms with Gasteiger partial charge in [-0.1, -0.05) is 41.9 Å². The van der Waals surface area contributed by atoms with Gasteiger partial charge in [0.2, 0.25) is 5.95 Å². The van der Waals surface area contributed by atoms with Crippen molar-refractivity contribution in [1.29, 1.82) is 0 Å². The number of nitrogens with one attached hydrogen (secondary N) is 1. The van der Waals surface area contributed by atoms with E-state index in [-0.39, 0.29) is 12.1 Å². The molecular formula is C25H18BrClN4O2. The summed E-state index contributed by atoms with van der Waals surface area (Å²) in [5, 5.41) is 8.75. The maximum Gasteiger partial charge on any atom is 0.226 e. The second-order valence-corrected chi connectivity index (χ2v) is 9.12. The van der Waals surface area contributed by atoms with Crippen molar-refractivity contribution in [2.24, 2.45) is 0 Å². The van der Waals surface area contributed by atoms with E-state index in [1.807, 2.05) is 53.2 Å². The predicted octanol–water partition coefficient (Wildman–Crippen LogP) is 6.26. The number of benzene rings is 3. The van der Waals surface area contributed by atoms with E-state index in [0.717, 1.165) is 43.9 Å². The summed E-state index contributed by atoms with van der Waals surface area (Å²) in [6.07, 6.45) is 1.22. The molecule has 2 atom stereocenters. The molecule has 3 heterocycles. The zero-order valence-electron chi connectivity index (χ0n) is 17.5. The molecule has 6 nitrogen and oxygen atoms in total. The van der Waals surface area contributed by atoms with E-state index in [1.165, 1.54) is 0 Å². The molecule has 164 valence electrons. The molecule has 0 bridgehead atoms. The highest BCUT2D eigenvalue weighted by Crippen LogP contribution is 2.51. The molecule has 8 heteroatoms. The van der Waals surface area contributed by atoms with E-state index in [9.17, 15) is 0 Å². The average Bonchev–Trinajstić information content (AvgIpc) is 3.31. The van der Waals surface area contributed by atoms with E-state index in [1.54, 1.807) is 13.4 Å². The molecule has 6 rings (SSSR count). The quantitative estimate of drug-likeness (QED) is 0.345. The Balaban J connectivity index is 1.61. The topological polar surface area (TPSA) is 61.2 Å². The first-order chi connectivity index (χ1) is 16.1. The Hall–Kier alpha value is -3.29. The smallest absolute Gasteiger partial charge is 0.226 e. The molecule has 4 aromatic rings. The van der Waals surface area contributed by atoms with Gasteiger partial charge >= 0.3 is 0 Å². The molecule has 1 N–H and O–H groups in total. The molecule has 3 aromatic carbocycles.